The van der Waals surface area contributed by atoms with Crippen molar-refractivity contribution in [2.75, 3.05) is 20.8 Å². The van der Waals surface area contributed by atoms with Crippen LogP contribution < -0.4 is 10.1 Å². The predicted octanol–water partition coefficient (Wildman–Crippen LogP) is 0.794. The Morgan fingerprint density at radius 1 is 0.564 bits per heavy atom. The lowest BCUT2D eigenvalue weighted by atomic mass is 9.74. The number of carbonyl (C=O) groups is 4. The molecule has 4 heterocycles. The van der Waals surface area contributed by atoms with Gasteiger partial charge in [0.2, 0.25) is 0 Å². The van der Waals surface area contributed by atoms with Gasteiger partial charge in [-0.25, -0.2) is 14.4 Å². The summed E-state index contributed by atoms with van der Waals surface area (Å²) in [6.45, 7) is -0.955. The van der Waals surface area contributed by atoms with Crippen molar-refractivity contribution >= 4 is 23.8 Å². The van der Waals surface area contributed by atoms with Gasteiger partial charge in [0.1, 0.15) is 65.4 Å². The highest BCUT2D eigenvalue weighted by atomic mass is 16.7. The van der Waals surface area contributed by atoms with E-state index in [1.807, 2.05) is 0 Å². The summed E-state index contributed by atoms with van der Waals surface area (Å²) in [5.41, 5.74) is -2.96. The van der Waals surface area contributed by atoms with Crippen molar-refractivity contribution in [3.8, 4) is 86.2 Å². The number of hydrogen-bond acceptors (Lipinski definition) is 32. The number of aliphatic hydroxyl groups is 5. The summed E-state index contributed by atoms with van der Waals surface area (Å²) in [6, 6.07) is 7.30. The van der Waals surface area contributed by atoms with Crippen molar-refractivity contribution in [2.24, 2.45) is 5.92 Å². The van der Waals surface area contributed by atoms with Crippen LogP contribution in [0.1, 0.15) is 73.9 Å². The number of carboxylic acid groups (broad SMARTS) is 1. The van der Waals surface area contributed by atoms with E-state index in [9.17, 15) is 121 Å². The second kappa shape index (κ2) is 26.0. The smallest absolute Gasteiger partial charge is 0.338 e. The maximum absolute atomic E-state index is 14.7. The molecule has 3 saturated heterocycles. The first-order valence-corrected chi connectivity index (χ1v) is 28.1. The van der Waals surface area contributed by atoms with Gasteiger partial charge in [0, 0.05) is 79.8 Å². The number of phenolic OH excluding ortho intramolecular Hbond substituents is 14. The van der Waals surface area contributed by atoms with E-state index >= 15 is 0 Å². The number of ether oxygens (including phenoxy) is 9. The van der Waals surface area contributed by atoms with Gasteiger partial charge in [0.25, 0.3) is 5.91 Å². The Balaban J connectivity index is 1.06. The summed E-state index contributed by atoms with van der Waals surface area (Å²) in [7, 11) is 2.12. The zero-order valence-electron chi connectivity index (χ0n) is 48.6. The molecule has 1 aliphatic carbocycles. The van der Waals surface area contributed by atoms with Crippen molar-refractivity contribution in [3.63, 3.8) is 0 Å². The number of phenols is 14. The van der Waals surface area contributed by atoms with Crippen LogP contribution in [-0.2, 0) is 53.9 Å². The molecule has 4 aliphatic heterocycles. The summed E-state index contributed by atoms with van der Waals surface area (Å²) in [6.07, 6.45) is -26.5. The van der Waals surface area contributed by atoms with Gasteiger partial charge in [-0.15, -0.1) is 0 Å². The normalized spacial score (nSPS) is 27.7. The highest BCUT2D eigenvalue weighted by Gasteiger charge is 2.53. The van der Waals surface area contributed by atoms with Crippen LogP contribution in [0.2, 0.25) is 0 Å². The molecule has 0 aromatic heterocycles. The minimum Gasteiger partial charge on any atom is -0.511 e. The Bertz CT molecular complexity index is 3790. The first kappa shape index (κ1) is 66.6. The summed E-state index contributed by atoms with van der Waals surface area (Å²) < 4.78 is 51.4. The third-order valence-corrected chi connectivity index (χ3v) is 16.5. The highest BCUT2D eigenvalue weighted by Crippen LogP contribution is 2.54. The third-order valence-electron chi connectivity index (χ3n) is 16.5. The minimum absolute atomic E-state index is 0.214. The van der Waals surface area contributed by atoms with Gasteiger partial charge in [-0.05, 0) is 54.6 Å². The molecule has 0 spiro atoms. The van der Waals surface area contributed by atoms with Crippen LogP contribution in [0.15, 0.2) is 77.8 Å². The van der Waals surface area contributed by atoms with E-state index in [2.05, 4.69) is 5.32 Å². The quantitative estimate of drug-likeness (QED) is 0.0480. The van der Waals surface area contributed by atoms with Crippen molar-refractivity contribution in [1.29, 1.82) is 0 Å². The fourth-order valence-electron chi connectivity index (χ4n) is 11.9. The molecule has 0 radical (unpaired) electrons. The number of benzene rings is 5. The SMILES string of the molecule is COC1OC(C(=O)O)C(OC2CC(O)C(OC)C(C(=O)NCC(c3c(O)cc4c(c3O)C[C@@H](OC(=O)c3cc(O)c(O)c(O)c3)[C@@H](c3cc(O)c(O)c(O)c3)O4)C3C(O)=C4C[C@@H](OC(=O)c5cc(O)c(O)c(O)c5)[C@@H](c5cc(O)c(O)c(O)c5)OC4=CC3O)O2)C(O)C1O. The third kappa shape index (κ3) is 12.5. The van der Waals surface area contributed by atoms with Crippen LogP contribution in [0.25, 0.3) is 0 Å². The topological polar surface area (TPSA) is 568 Å². The molecule has 10 rings (SSSR count). The molecule has 1 amide bonds. The van der Waals surface area contributed by atoms with Crippen LogP contribution in [0, 0.1) is 5.92 Å². The maximum Gasteiger partial charge on any atom is 0.338 e. The lowest BCUT2D eigenvalue weighted by Crippen LogP contribution is -2.63. The van der Waals surface area contributed by atoms with Gasteiger partial charge < -0.3 is 150 Å². The molecule has 5 aromatic carbocycles. The number of methoxy groups -OCH3 is 2. The van der Waals surface area contributed by atoms with Crippen LogP contribution >= 0.6 is 0 Å². The van der Waals surface area contributed by atoms with Gasteiger partial charge in [0.05, 0.1) is 29.3 Å². The average molecular weight is 1320 g/mol. The van der Waals surface area contributed by atoms with Gasteiger partial charge >= 0.3 is 17.9 Å². The molecule has 0 saturated carbocycles. The zero-order valence-corrected chi connectivity index (χ0v) is 48.6. The maximum atomic E-state index is 14.7. The number of carbonyl (C=O) groups excluding carboxylic acids is 3. The molecule has 5 aliphatic rings. The molecule has 94 heavy (non-hydrogen) atoms. The largest absolute Gasteiger partial charge is 0.511 e. The van der Waals surface area contributed by atoms with Crippen LogP contribution in [0.3, 0.4) is 0 Å². The highest BCUT2D eigenvalue weighted by molar-refractivity contribution is 5.92. The fourth-order valence-corrected chi connectivity index (χ4v) is 11.9. The lowest BCUT2D eigenvalue weighted by Gasteiger charge is -2.44. The molecule has 3 fully saturated rings. The lowest BCUT2D eigenvalue weighted by molar-refractivity contribution is -0.330. The standard InChI is InChI=1S/C60H61NO33/c1-86-52-34(72)15-39(92-53-48(79)49(80)60(87-2)94-55(53)57(82)83)93-54(52)56(81)61-16-23(40-24(62)13-35-21(42(40)73)11-37(50(88-35)17-3-26(64)44(75)27(65)4-17)90-58(84)19-7-30(68)46(77)31(69)8-19)41-25(63)14-36-22(43(41)74)12-38(51(89-36)18-5-28(66)45(76)29(67)6-18)91-59(85)20-9-32(70)47(78)33(71)10-20/h3-10,13-14,23-24,34,37-40,48-55,60,62-80H,11-12,15-16H2,1-2H3,(H,61,81)(H,82,83)/t23?,24?,34?,37-,38-,39?,40?,48?,49?,50-,51-,52?,53?,54?,55?,60?/m1/s1. The van der Waals surface area contributed by atoms with E-state index in [0.717, 1.165) is 50.6 Å². The van der Waals surface area contributed by atoms with E-state index in [4.69, 9.17) is 42.6 Å². The van der Waals surface area contributed by atoms with E-state index in [-0.39, 0.29) is 28.0 Å². The van der Waals surface area contributed by atoms with Gasteiger partial charge in [0.15, 0.2) is 106 Å². The van der Waals surface area contributed by atoms with Crippen molar-refractivity contribution in [1.82, 2.24) is 5.32 Å². The van der Waals surface area contributed by atoms with Gasteiger partial charge in [-0.3, -0.25) is 4.79 Å². The molecule has 34 nitrogen and oxygen atoms in total. The van der Waals surface area contributed by atoms with Gasteiger partial charge in [-0.1, -0.05) is 0 Å². The number of hydrogen-bond donors (Lipinski definition) is 21. The van der Waals surface area contributed by atoms with E-state index in [1.54, 1.807) is 0 Å². The first-order chi connectivity index (χ1) is 44.4. The molecule has 21 N–H and O–H groups in total. The van der Waals surface area contributed by atoms with E-state index < -0.39 is 256 Å². The van der Waals surface area contributed by atoms with Crippen molar-refractivity contribution in [3.05, 3.63) is 111 Å². The number of aliphatic hydroxyl groups excluding tert-OH is 5. The fraction of sp³-hybridized carbons (Fsp3) is 0.367. The molecule has 5 aromatic rings. The molecular formula is C60H61NO33. The Morgan fingerprint density at radius 2 is 1.05 bits per heavy atom. The number of esters is 2. The van der Waals surface area contributed by atoms with Gasteiger partial charge in [-0.2, -0.15) is 0 Å². The second-order valence-corrected chi connectivity index (χ2v) is 22.4. The van der Waals surface area contributed by atoms with Crippen LogP contribution in [0.5, 0.6) is 86.2 Å². The van der Waals surface area contributed by atoms with Crippen molar-refractivity contribution in [2.45, 2.75) is 111 Å². The monoisotopic (exact) mass is 1320 g/mol. The predicted molar refractivity (Wildman–Crippen MR) is 303 cm³/mol. The number of aromatic hydroxyl groups is 14. The molecular weight excluding hydrogens is 1260 g/mol. The van der Waals surface area contributed by atoms with Crippen LogP contribution in [-0.4, -0.2) is 220 Å². The zero-order chi connectivity index (χ0) is 68.4. The number of amides is 1. The molecule has 504 valence electrons. The van der Waals surface area contributed by atoms with E-state index in [1.165, 1.54) is 0 Å². The Kier molecular flexibility index (Phi) is 18.4. The number of carboxylic acids is 1. The molecule has 0 bridgehead atoms. The first-order valence-electron chi connectivity index (χ1n) is 28.1. The summed E-state index contributed by atoms with van der Waals surface area (Å²) in [4.78, 5) is 54.9. The summed E-state index contributed by atoms with van der Waals surface area (Å²) in [5, 5.41) is 219. The average Bonchev–Trinajstić information content (AvgIpc) is 0.749. The number of fused-ring (bicyclic) bond motifs is 2. The Hall–Kier alpha value is -10.3. The molecule has 34 heteroatoms. The molecule has 12 unspecified atom stereocenters. The Morgan fingerprint density at radius 3 is 1.54 bits per heavy atom. The number of nitrogens with one attached hydrogen (secondary N) is 1. The van der Waals surface area contributed by atoms with E-state index in [0.29, 0.717) is 24.3 Å². The number of rotatable bonds is 16. The summed E-state index contributed by atoms with van der Waals surface area (Å²) in [5.74, 6) is -24.7. The molecule has 16 atom stereocenters. The number of allylic oxidation sites excluding steroid dienone is 1. The minimum atomic E-state index is -2.07. The second-order valence-electron chi connectivity index (χ2n) is 22.4. The van der Waals surface area contributed by atoms with Crippen molar-refractivity contribution < 1.29 is 164 Å². The summed E-state index contributed by atoms with van der Waals surface area (Å²) >= 11 is 0. The Labute approximate surface area is 526 Å². The number of aliphatic carboxylic acids is 1. The van der Waals surface area contributed by atoms with Crippen LogP contribution in [0.4, 0.5) is 0 Å².